The molecular weight excluding hydrogens is 220 g/mol. The largest absolute Gasteiger partial charge is 0.343 e. The molecule has 0 spiro atoms. The van der Waals surface area contributed by atoms with Crippen LogP contribution >= 0.6 is 0 Å². The maximum atomic E-state index is 12.0. The van der Waals surface area contributed by atoms with Crippen molar-refractivity contribution in [2.24, 2.45) is 7.05 Å². The van der Waals surface area contributed by atoms with Gasteiger partial charge in [0, 0.05) is 25.4 Å². The van der Waals surface area contributed by atoms with E-state index in [4.69, 9.17) is 0 Å². The van der Waals surface area contributed by atoms with Crippen LogP contribution in [-0.4, -0.2) is 38.6 Å². The summed E-state index contributed by atoms with van der Waals surface area (Å²) in [6.45, 7) is 3.85. The zero-order chi connectivity index (χ0) is 12.6. The molecule has 6 nitrogen and oxygen atoms in total. The van der Waals surface area contributed by atoms with Crippen LogP contribution in [0.1, 0.15) is 19.4 Å². The van der Waals surface area contributed by atoms with E-state index in [-0.39, 0.29) is 11.8 Å². The minimum atomic E-state index is -0.449. The molecule has 1 aliphatic rings. The fraction of sp³-hybridized carbons (Fsp3) is 0.545. The van der Waals surface area contributed by atoms with Gasteiger partial charge in [-0.05, 0) is 13.8 Å². The minimum absolute atomic E-state index is 0.0547. The van der Waals surface area contributed by atoms with Crippen LogP contribution in [0.2, 0.25) is 0 Å². The molecule has 92 valence electrons. The van der Waals surface area contributed by atoms with E-state index in [9.17, 15) is 9.59 Å². The van der Waals surface area contributed by atoms with Crippen molar-refractivity contribution in [2.45, 2.75) is 32.5 Å². The van der Waals surface area contributed by atoms with Gasteiger partial charge in [0.2, 0.25) is 11.8 Å². The molecule has 2 rings (SSSR count). The van der Waals surface area contributed by atoms with Crippen molar-refractivity contribution in [3.8, 4) is 0 Å². The second-order valence-corrected chi connectivity index (χ2v) is 4.39. The van der Waals surface area contributed by atoms with Crippen molar-refractivity contribution < 1.29 is 9.59 Å². The molecule has 0 saturated carbocycles. The molecule has 1 aromatic heterocycles. The van der Waals surface area contributed by atoms with E-state index in [0.29, 0.717) is 6.54 Å². The first-order valence-electron chi connectivity index (χ1n) is 5.57. The lowest BCUT2D eigenvalue weighted by molar-refractivity contribution is -0.148. The number of carbonyl (C=O) groups is 2. The van der Waals surface area contributed by atoms with Crippen molar-refractivity contribution in [3.63, 3.8) is 0 Å². The number of piperazine rings is 1. The first kappa shape index (κ1) is 11.6. The highest BCUT2D eigenvalue weighted by molar-refractivity contribution is 5.96. The number of amides is 2. The highest BCUT2D eigenvalue weighted by atomic mass is 16.2. The highest BCUT2D eigenvalue weighted by Gasteiger charge is 2.35. The zero-order valence-corrected chi connectivity index (χ0v) is 10.2. The third-order valence-corrected chi connectivity index (χ3v) is 2.97. The lowest BCUT2D eigenvalue weighted by atomic mass is 10.1. The van der Waals surface area contributed by atoms with Crippen molar-refractivity contribution in [1.82, 2.24) is 20.0 Å². The summed E-state index contributed by atoms with van der Waals surface area (Å²) in [6.07, 6.45) is 3.55. The quantitative estimate of drug-likeness (QED) is 0.763. The number of rotatable bonds is 2. The molecule has 0 aliphatic carbocycles. The number of aromatic nitrogens is 2. The summed E-state index contributed by atoms with van der Waals surface area (Å²) >= 11 is 0. The Kier molecular flexibility index (Phi) is 2.87. The van der Waals surface area contributed by atoms with Crippen LogP contribution in [0.15, 0.2) is 12.4 Å². The standard InChI is InChI=1S/C11H16N4O2/c1-7-11(17)15(8(2)10(16)13-7)6-9-4-12-14(3)5-9/h4-5,7-8H,6H2,1-3H3,(H,13,16). The number of nitrogens with zero attached hydrogens (tertiary/aromatic N) is 3. The molecule has 1 saturated heterocycles. The van der Waals surface area contributed by atoms with Crippen LogP contribution in [-0.2, 0) is 23.2 Å². The van der Waals surface area contributed by atoms with E-state index in [1.165, 1.54) is 0 Å². The van der Waals surface area contributed by atoms with E-state index in [2.05, 4.69) is 10.4 Å². The molecule has 2 atom stereocenters. The number of carbonyl (C=O) groups excluding carboxylic acids is 2. The molecule has 0 radical (unpaired) electrons. The first-order chi connectivity index (χ1) is 7.99. The number of nitrogens with one attached hydrogen (secondary N) is 1. The molecule has 1 aliphatic heterocycles. The van der Waals surface area contributed by atoms with Gasteiger partial charge >= 0.3 is 0 Å². The molecule has 2 unspecified atom stereocenters. The van der Waals surface area contributed by atoms with Crippen LogP contribution in [0.3, 0.4) is 0 Å². The monoisotopic (exact) mass is 236 g/mol. The van der Waals surface area contributed by atoms with Crippen molar-refractivity contribution in [1.29, 1.82) is 0 Å². The Morgan fingerprint density at radius 1 is 1.41 bits per heavy atom. The van der Waals surface area contributed by atoms with Gasteiger partial charge in [0.05, 0.1) is 6.20 Å². The Hall–Kier alpha value is -1.85. The Morgan fingerprint density at radius 3 is 2.71 bits per heavy atom. The van der Waals surface area contributed by atoms with Gasteiger partial charge in [0.25, 0.3) is 0 Å². The van der Waals surface area contributed by atoms with E-state index >= 15 is 0 Å². The third-order valence-electron chi connectivity index (χ3n) is 2.97. The van der Waals surface area contributed by atoms with Crippen LogP contribution < -0.4 is 5.32 Å². The fourth-order valence-corrected chi connectivity index (χ4v) is 1.94. The Labute approximate surface area is 99.6 Å². The second-order valence-electron chi connectivity index (χ2n) is 4.39. The second kappa shape index (κ2) is 4.20. The normalized spacial score (nSPS) is 25.0. The summed E-state index contributed by atoms with van der Waals surface area (Å²) in [5.74, 6) is -0.165. The molecule has 1 N–H and O–H groups in total. The van der Waals surface area contributed by atoms with Gasteiger partial charge < -0.3 is 10.2 Å². The van der Waals surface area contributed by atoms with E-state index in [1.54, 1.807) is 29.6 Å². The topological polar surface area (TPSA) is 67.2 Å². The Balaban J connectivity index is 2.17. The van der Waals surface area contributed by atoms with Gasteiger partial charge in [-0.1, -0.05) is 0 Å². The summed E-state index contributed by atoms with van der Waals surface area (Å²) in [5, 5.41) is 6.70. The zero-order valence-electron chi connectivity index (χ0n) is 10.2. The fourth-order valence-electron chi connectivity index (χ4n) is 1.94. The third kappa shape index (κ3) is 2.15. The Morgan fingerprint density at radius 2 is 2.12 bits per heavy atom. The number of hydrogen-bond donors (Lipinski definition) is 1. The lowest BCUT2D eigenvalue weighted by Crippen LogP contribution is -2.60. The van der Waals surface area contributed by atoms with Crippen molar-refractivity contribution >= 4 is 11.8 Å². The van der Waals surface area contributed by atoms with Crippen LogP contribution in [0.4, 0.5) is 0 Å². The van der Waals surface area contributed by atoms with Gasteiger partial charge in [-0.25, -0.2) is 0 Å². The minimum Gasteiger partial charge on any atom is -0.343 e. The average molecular weight is 236 g/mol. The smallest absolute Gasteiger partial charge is 0.245 e. The highest BCUT2D eigenvalue weighted by Crippen LogP contribution is 2.13. The maximum absolute atomic E-state index is 12.0. The van der Waals surface area contributed by atoms with Crippen molar-refractivity contribution in [3.05, 3.63) is 18.0 Å². The molecule has 2 heterocycles. The van der Waals surface area contributed by atoms with Crippen LogP contribution in [0.25, 0.3) is 0 Å². The summed E-state index contributed by atoms with van der Waals surface area (Å²) in [4.78, 5) is 25.2. The summed E-state index contributed by atoms with van der Waals surface area (Å²) in [6, 6.07) is -0.880. The summed E-state index contributed by atoms with van der Waals surface area (Å²) in [7, 11) is 1.82. The number of hydrogen-bond acceptors (Lipinski definition) is 3. The lowest BCUT2D eigenvalue weighted by Gasteiger charge is -2.35. The predicted octanol–water partition coefficient (Wildman–Crippen LogP) is -0.345. The maximum Gasteiger partial charge on any atom is 0.245 e. The summed E-state index contributed by atoms with van der Waals surface area (Å²) < 4.78 is 1.68. The molecule has 2 amide bonds. The molecular formula is C11H16N4O2. The molecule has 0 aromatic carbocycles. The summed E-state index contributed by atoms with van der Waals surface area (Å²) in [5.41, 5.74) is 0.926. The SMILES string of the molecule is CC1NC(=O)C(C)N(Cc2cnn(C)c2)C1=O. The van der Waals surface area contributed by atoms with Crippen molar-refractivity contribution in [2.75, 3.05) is 0 Å². The first-order valence-corrected chi connectivity index (χ1v) is 5.57. The van der Waals surface area contributed by atoms with E-state index < -0.39 is 12.1 Å². The van der Waals surface area contributed by atoms with Gasteiger partial charge in [0.1, 0.15) is 12.1 Å². The van der Waals surface area contributed by atoms with E-state index in [0.717, 1.165) is 5.56 Å². The van der Waals surface area contributed by atoms with E-state index in [1.807, 2.05) is 13.2 Å². The molecule has 17 heavy (non-hydrogen) atoms. The number of aryl methyl sites for hydroxylation is 1. The van der Waals surface area contributed by atoms with Crippen LogP contribution in [0.5, 0.6) is 0 Å². The average Bonchev–Trinajstić information content (AvgIpc) is 2.68. The molecule has 0 bridgehead atoms. The van der Waals surface area contributed by atoms with Gasteiger partial charge in [-0.15, -0.1) is 0 Å². The van der Waals surface area contributed by atoms with Crippen LogP contribution in [0, 0.1) is 0 Å². The molecule has 1 aromatic rings. The van der Waals surface area contributed by atoms with Gasteiger partial charge in [-0.3, -0.25) is 14.3 Å². The van der Waals surface area contributed by atoms with Gasteiger partial charge in [0.15, 0.2) is 0 Å². The Bertz CT molecular complexity index is 454. The predicted molar refractivity (Wildman–Crippen MR) is 60.8 cm³/mol. The molecule has 6 heteroatoms. The molecule has 1 fully saturated rings. The van der Waals surface area contributed by atoms with Gasteiger partial charge in [-0.2, -0.15) is 5.10 Å².